The number of nitro benzene ring substituents is 1. The van der Waals surface area contributed by atoms with Gasteiger partial charge in [0, 0.05) is 30.4 Å². The number of hydrogen-bond acceptors (Lipinski definition) is 4. The van der Waals surface area contributed by atoms with Crippen molar-refractivity contribution in [2.45, 2.75) is 6.42 Å². The van der Waals surface area contributed by atoms with Crippen molar-refractivity contribution in [3.05, 3.63) is 63.7 Å². The van der Waals surface area contributed by atoms with Gasteiger partial charge in [-0.3, -0.25) is 14.9 Å². The molecule has 0 aliphatic carbocycles. The van der Waals surface area contributed by atoms with Crippen LogP contribution in [0.4, 0.5) is 25.8 Å². The Morgan fingerprint density at radius 2 is 2.04 bits per heavy atom. The highest BCUT2D eigenvalue weighted by atomic mass is 19.1. The maximum Gasteiger partial charge on any atom is 0.269 e. The maximum atomic E-state index is 13.6. The molecular weight excluding hydrogens is 320 g/mol. The molecule has 0 atom stereocenters. The van der Waals surface area contributed by atoms with Gasteiger partial charge in [0.15, 0.2) is 0 Å². The van der Waals surface area contributed by atoms with E-state index in [2.05, 4.69) is 5.32 Å². The first-order valence-electron chi connectivity index (χ1n) is 7.21. The summed E-state index contributed by atoms with van der Waals surface area (Å²) in [5, 5.41) is 13.2. The van der Waals surface area contributed by atoms with Crippen molar-refractivity contribution >= 4 is 23.0 Å². The van der Waals surface area contributed by atoms with E-state index in [9.17, 15) is 23.7 Å². The average Bonchev–Trinajstić information content (AvgIpc) is 2.92. The number of nitrogens with one attached hydrogen (secondary N) is 1. The zero-order valence-electron chi connectivity index (χ0n) is 12.5. The lowest BCUT2D eigenvalue weighted by atomic mass is 10.1. The molecule has 24 heavy (non-hydrogen) atoms. The Morgan fingerprint density at radius 3 is 2.75 bits per heavy atom. The summed E-state index contributed by atoms with van der Waals surface area (Å²) < 4.78 is 26.4. The van der Waals surface area contributed by atoms with E-state index in [1.54, 1.807) is 11.0 Å². The van der Waals surface area contributed by atoms with Gasteiger partial charge in [0.05, 0.1) is 17.2 Å². The molecule has 8 heteroatoms. The van der Waals surface area contributed by atoms with E-state index in [-0.39, 0.29) is 17.9 Å². The number of halogens is 2. The topological polar surface area (TPSA) is 75.5 Å². The van der Waals surface area contributed by atoms with E-state index < -0.39 is 22.5 Å². The van der Waals surface area contributed by atoms with Gasteiger partial charge < -0.3 is 10.2 Å². The van der Waals surface area contributed by atoms with Crippen LogP contribution in [0.3, 0.4) is 0 Å². The summed E-state index contributed by atoms with van der Waals surface area (Å²) in [6.07, 6.45) is 0.592. The first-order valence-corrected chi connectivity index (χ1v) is 7.21. The second-order valence-corrected chi connectivity index (χ2v) is 5.41. The van der Waals surface area contributed by atoms with Crippen LogP contribution in [0, 0.1) is 21.7 Å². The molecule has 6 nitrogen and oxygen atoms in total. The molecule has 124 valence electrons. The molecule has 0 saturated heterocycles. The Balaban J connectivity index is 1.70. The van der Waals surface area contributed by atoms with Crippen molar-refractivity contribution in [1.82, 2.24) is 0 Å². The number of nitro groups is 1. The number of anilines is 2. The van der Waals surface area contributed by atoms with Crippen molar-refractivity contribution in [3.8, 4) is 0 Å². The van der Waals surface area contributed by atoms with Crippen LogP contribution >= 0.6 is 0 Å². The van der Waals surface area contributed by atoms with Crippen LogP contribution in [0.25, 0.3) is 0 Å². The van der Waals surface area contributed by atoms with E-state index in [0.717, 1.165) is 23.4 Å². The van der Waals surface area contributed by atoms with Gasteiger partial charge >= 0.3 is 0 Å². The number of non-ortho nitro benzene ring substituents is 1. The molecule has 1 heterocycles. The SMILES string of the molecule is O=C(CN1CCc2cc([N+](=O)[O-])ccc21)Nc1ccc(F)cc1F. The molecule has 0 aromatic heterocycles. The lowest BCUT2D eigenvalue weighted by Gasteiger charge is -2.18. The molecule has 0 radical (unpaired) electrons. The van der Waals surface area contributed by atoms with Crippen molar-refractivity contribution in [2.24, 2.45) is 0 Å². The van der Waals surface area contributed by atoms with Gasteiger partial charge in [0.1, 0.15) is 11.6 Å². The molecule has 2 aromatic rings. The van der Waals surface area contributed by atoms with Gasteiger partial charge in [0.2, 0.25) is 5.91 Å². The molecule has 1 aliphatic heterocycles. The predicted molar refractivity (Wildman–Crippen MR) is 84.0 cm³/mol. The summed E-state index contributed by atoms with van der Waals surface area (Å²) >= 11 is 0. The highest BCUT2D eigenvalue weighted by molar-refractivity contribution is 5.94. The molecule has 1 N–H and O–H groups in total. The van der Waals surface area contributed by atoms with Gasteiger partial charge in [-0.15, -0.1) is 0 Å². The van der Waals surface area contributed by atoms with Gasteiger partial charge in [-0.2, -0.15) is 0 Å². The zero-order chi connectivity index (χ0) is 17.3. The molecule has 0 saturated carbocycles. The molecule has 0 spiro atoms. The molecular formula is C16H13F2N3O3. The fourth-order valence-electron chi connectivity index (χ4n) is 2.69. The average molecular weight is 333 g/mol. The number of nitrogens with zero attached hydrogens (tertiary/aromatic N) is 2. The first-order chi connectivity index (χ1) is 11.4. The van der Waals surface area contributed by atoms with Gasteiger partial charge in [-0.05, 0) is 30.2 Å². The summed E-state index contributed by atoms with van der Waals surface area (Å²) in [4.78, 5) is 24.1. The second-order valence-electron chi connectivity index (χ2n) is 5.41. The number of carbonyl (C=O) groups is 1. The molecule has 0 fully saturated rings. The zero-order valence-corrected chi connectivity index (χ0v) is 12.5. The molecule has 0 bridgehead atoms. The number of rotatable bonds is 4. The standard InChI is InChI=1S/C16H13F2N3O3/c17-11-1-3-14(13(18)8-11)19-16(22)9-20-6-5-10-7-12(21(23)24)2-4-15(10)20/h1-4,7-8H,5-6,9H2,(H,19,22). The summed E-state index contributed by atoms with van der Waals surface area (Å²) in [6, 6.07) is 7.39. The van der Waals surface area contributed by atoms with Crippen LogP contribution in [-0.2, 0) is 11.2 Å². The highest BCUT2D eigenvalue weighted by Crippen LogP contribution is 2.31. The van der Waals surface area contributed by atoms with E-state index in [1.807, 2.05) is 0 Å². The molecule has 1 amide bonds. The number of hydrogen-bond donors (Lipinski definition) is 1. The smallest absolute Gasteiger partial charge is 0.269 e. The minimum atomic E-state index is -0.846. The van der Waals surface area contributed by atoms with Crippen molar-refractivity contribution in [1.29, 1.82) is 0 Å². The maximum absolute atomic E-state index is 13.6. The molecule has 2 aromatic carbocycles. The first kappa shape index (κ1) is 15.9. The second kappa shape index (κ2) is 6.23. The van der Waals surface area contributed by atoms with Gasteiger partial charge in [-0.25, -0.2) is 8.78 Å². The van der Waals surface area contributed by atoms with Crippen molar-refractivity contribution in [3.63, 3.8) is 0 Å². The monoisotopic (exact) mass is 333 g/mol. The number of fused-ring (bicyclic) bond motifs is 1. The van der Waals surface area contributed by atoms with E-state index >= 15 is 0 Å². The van der Waals surface area contributed by atoms with E-state index in [0.29, 0.717) is 19.0 Å². The third-order valence-corrected chi connectivity index (χ3v) is 3.81. The minimum Gasteiger partial charge on any atom is -0.362 e. The van der Waals surface area contributed by atoms with Crippen LogP contribution in [-0.4, -0.2) is 23.9 Å². The Hall–Kier alpha value is -3.03. The van der Waals surface area contributed by atoms with Crippen LogP contribution in [0.5, 0.6) is 0 Å². The van der Waals surface area contributed by atoms with Gasteiger partial charge in [0.25, 0.3) is 5.69 Å². The van der Waals surface area contributed by atoms with Crippen molar-refractivity contribution in [2.75, 3.05) is 23.3 Å². The minimum absolute atomic E-state index is 0.00781. The van der Waals surface area contributed by atoms with Crippen molar-refractivity contribution < 1.29 is 18.5 Å². The van der Waals surface area contributed by atoms with E-state index in [4.69, 9.17) is 0 Å². The quantitative estimate of drug-likeness (QED) is 0.689. The number of benzene rings is 2. The Labute approximate surface area is 135 Å². The largest absolute Gasteiger partial charge is 0.362 e. The summed E-state index contributed by atoms with van der Waals surface area (Å²) in [5.74, 6) is -2.02. The lowest BCUT2D eigenvalue weighted by molar-refractivity contribution is -0.384. The normalized spacial score (nSPS) is 12.8. The van der Waals surface area contributed by atoms with Gasteiger partial charge in [-0.1, -0.05) is 0 Å². The van der Waals surface area contributed by atoms with Crippen LogP contribution in [0.2, 0.25) is 0 Å². The number of carbonyl (C=O) groups excluding carboxylic acids is 1. The third-order valence-electron chi connectivity index (χ3n) is 3.81. The highest BCUT2D eigenvalue weighted by Gasteiger charge is 2.23. The third kappa shape index (κ3) is 3.17. The molecule has 3 rings (SSSR count). The predicted octanol–water partition coefficient (Wildman–Crippen LogP) is 2.87. The molecule has 1 aliphatic rings. The van der Waals surface area contributed by atoms with Crippen LogP contribution < -0.4 is 10.2 Å². The van der Waals surface area contributed by atoms with Crippen LogP contribution in [0.15, 0.2) is 36.4 Å². The Morgan fingerprint density at radius 1 is 1.25 bits per heavy atom. The Kier molecular flexibility index (Phi) is 4.11. The van der Waals surface area contributed by atoms with E-state index in [1.165, 1.54) is 12.1 Å². The molecule has 0 unspecified atom stereocenters. The summed E-state index contributed by atoms with van der Waals surface area (Å²) in [6.45, 7) is 0.511. The van der Waals surface area contributed by atoms with Crippen LogP contribution in [0.1, 0.15) is 5.56 Å². The fraction of sp³-hybridized carbons (Fsp3) is 0.188. The lowest BCUT2D eigenvalue weighted by Crippen LogP contribution is -2.32. The number of amides is 1. The summed E-state index contributed by atoms with van der Waals surface area (Å²) in [7, 11) is 0. The Bertz CT molecular complexity index is 826. The summed E-state index contributed by atoms with van der Waals surface area (Å²) in [5.41, 5.74) is 1.46. The fourth-order valence-corrected chi connectivity index (χ4v) is 2.69.